The maximum absolute atomic E-state index is 11.6. The number of ether oxygens (including phenoxy) is 2. The van der Waals surface area contributed by atoms with E-state index < -0.39 is 0 Å². The zero-order valence-corrected chi connectivity index (χ0v) is 11.5. The number of carbonyl (C=O) groups is 3. The van der Waals surface area contributed by atoms with Crippen molar-refractivity contribution in [2.75, 3.05) is 26.3 Å². The molecule has 0 aliphatic heterocycles. The summed E-state index contributed by atoms with van der Waals surface area (Å²) in [4.78, 5) is 34.3. The predicted octanol–water partition coefficient (Wildman–Crippen LogP) is 0.907. The van der Waals surface area contributed by atoms with Gasteiger partial charge in [-0.2, -0.15) is 0 Å². The van der Waals surface area contributed by atoms with Gasteiger partial charge in [-0.1, -0.05) is 6.58 Å². The Kier molecular flexibility index (Phi) is 9.12. The van der Waals surface area contributed by atoms with Crippen molar-refractivity contribution in [1.29, 1.82) is 0 Å². The summed E-state index contributed by atoms with van der Waals surface area (Å²) in [5.41, 5.74) is 0. The molecule has 1 amide bonds. The number of esters is 2. The van der Waals surface area contributed by atoms with E-state index in [1.54, 1.807) is 4.90 Å². The van der Waals surface area contributed by atoms with Crippen LogP contribution >= 0.6 is 0 Å². The third-order valence-electron chi connectivity index (χ3n) is 2.24. The van der Waals surface area contributed by atoms with E-state index in [4.69, 9.17) is 9.47 Å². The molecule has 19 heavy (non-hydrogen) atoms. The van der Waals surface area contributed by atoms with Crippen LogP contribution in [0.3, 0.4) is 0 Å². The van der Waals surface area contributed by atoms with Crippen LogP contribution in [-0.4, -0.2) is 49.0 Å². The average Bonchev–Trinajstić information content (AvgIpc) is 2.35. The minimum absolute atomic E-state index is 0.189. The van der Waals surface area contributed by atoms with Gasteiger partial charge in [0.05, 0.1) is 13.2 Å². The summed E-state index contributed by atoms with van der Waals surface area (Å²) >= 11 is 0. The quantitative estimate of drug-likeness (QED) is 0.354. The van der Waals surface area contributed by atoms with E-state index in [9.17, 15) is 14.4 Å². The van der Waals surface area contributed by atoms with E-state index in [2.05, 4.69) is 6.58 Å². The van der Waals surface area contributed by atoms with Gasteiger partial charge in [-0.15, -0.1) is 0 Å². The smallest absolute Gasteiger partial charge is 0.302 e. The van der Waals surface area contributed by atoms with Crippen LogP contribution in [0.5, 0.6) is 0 Å². The summed E-state index contributed by atoms with van der Waals surface area (Å²) in [6.45, 7) is 7.61. The van der Waals surface area contributed by atoms with Crippen LogP contribution in [0.4, 0.5) is 0 Å². The zero-order valence-electron chi connectivity index (χ0n) is 11.5. The minimum Gasteiger partial charge on any atom is -0.466 e. The van der Waals surface area contributed by atoms with E-state index in [0.29, 0.717) is 25.9 Å². The topological polar surface area (TPSA) is 72.9 Å². The second-order valence-corrected chi connectivity index (χ2v) is 3.92. The van der Waals surface area contributed by atoms with E-state index in [-0.39, 0.29) is 31.1 Å². The standard InChI is InChI=1S/C13H21NO5/c1-4-13(17)14(7-5-9-18-11(2)15)8-6-10-19-12(3)16/h4H,1,5-10H2,2-3H3. The first kappa shape index (κ1) is 17.2. The van der Waals surface area contributed by atoms with Crippen molar-refractivity contribution in [3.8, 4) is 0 Å². The molecule has 0 aromatic rings. The molecule has 0 N–H and O–H groups in total. The van der Waals surface area contributed by atoms with Gasteiger partial charge in [-0.25, -0.2) is 0 Å². The number of carbonyl (C=O) groups excluding carboxylic acids is 3. The molecule has 0 saturated carbocycles. The maximum Gasteiger partial charge on any atom is 0.302 e. The van der Waals surface area contributed by atoms with Crippen LogP contribution in [-0.2, 0) is 23.9 Å². The van der Waals surface area contributed by atoms with Crippen molar-refractivity contribution in [1.82, 2.24) is 4.90 Å². The van der Waals surface area contributed by atoms with E-state index >= 15 is 0 Å². The van der Waals surface area contributed by atoms with Crippen LogP contribution < -0.4 is 0 Å². The Balaban J connectivity index is 3.95. The van der Waals surface area contributed by atoms with Gasteiger partial charge in [0.2, 0.25) is 5.91 Å². The highest BCUT2D eigenvalue weighted by atomic mass is 16.5. The zero-order chi connectivity index (χ0) is 14.7. The molecule has 0 spiro atoms. The Bertz CT molecular complexity index is 305. The third-order valence-corrected chi connectivity index (χ3v) is 2.24. The molecule has 0 aromatic carbocycles. The molecule has 0 aliphatic carbocycles. The van der Waals surface area contributed by atoms with Gasteiger partial charge in [0.25, 0.3) is 0 Å². The van der Waals surface area contributed by atoms with Crippen molar-refractivity contribution in [3.05, 3.63) is 12.7 Å². The lowest BCUT2D eigenvalue weighted by Crippen LogP contribution is -2.32. The molecule has 0 atom stereocenters. The summed E-state index contributed by atoms with van der Waals surface area (Å²) in [6, 6.07) is 0. The molecule has 0 unspecified atom stereocenters. The molecule has 108 valence electrons. The highest BCUT2D eigenvalue weighted by Gasteiger charge is 2.10. The highest BCUT2D eigenvalue weighted by Crippen LogP contribution is 1.98. The number of rotatable bonds is 9. The minimum atomic E-state index is -0.337. The van der Waals surface area contributed by atoms with Gasteiger partial charge in [-0.05, 0) is 18.9 Å². The molecule has 0 radical (unpaired) electrons. The monoisotopic (exact) mass is 271 g/mol. The SMILES string of the molecule is C=CC(=O)N(CCCOC(C)=O)CCCOC(C)=O. The van der Waals surface area contributed by atoms with Crippen LogP contribution in [0.2, 0.25) is 0 Å². The van der Waals surface area contributed by atoms with Gasteiger partial charge in [0.15, 0.2) is 0 Å². The fourth-order valence-electron chi connectivity index (χ4n) is 1.40. The second-order valence-electron chi connectivity index (χ2n) is 3.92. The fraction of sp³-hybridized carbons (Fsp3) is 0.615. The van der Waals surface area contributed by atoms with Crippen molar-refractivity contribution in [3.63, 3.8) is 0 Å². The molecule has 0 aliphatic rings. The molecule has 0 aromatic heterocycles. The number of hydrogen-bond donors (Lipinski definition) is 0. The Morgan fingerprint density at radius 1 is 1.00 bits per heavy atom. The molecule has 0 saturated heterocycles. The van der Waals surface area contributed by atoms with Crippen molar-refractivity contribution in [2.24, 2.45) is 0 Å². The first-order valence-electron chi connectivity index (χ1n) is 6.15. The van der Waals surface area contributed by atoms with E-state index in [0.717, 1.165) is 0 Å². The lowest BCUT2D eigenvalue weighted by molar-refractivity contribution is -0.141. The average molecular weight is 271 g/mol. The molecule has 0 bridgehead atoms. The fourth-order valence-corrected chi connectivity index (χ4v) is 1.40. The van der Waals surface area contributed by atoms with Crippen molar-refractivity contribution >= 4 is 17.8 Å². The maximum atomic E-state index is 11.6. The van der Waals surface area contributed by atoms with Crippen LogP contribution in [0, 0.1) is 0 Å². The summed E-state index contributed by atoms with van der Waals surface area (Å²) in [5.74, 6) is -0.862. The lowest BCUT2D eigenvalue weighted by atomic mass is 10.3. The van der Waals surface area contributed by atoms with Gasteiger partial charge in [0, 0.05) is 26.9 Å². The van der Waals surface area contributed by atoms with Crippen molar-refractivity contribution in [2.45, 2.75) is 26.7 Å². The Morgan fingerprint density at radius 2 is 1.42 bits per heavy atom. The normalized spacial score (nSPS) is 9.58. The largest absolute Gasteiger partial charge is 0.466 e. The summed E-state index contributed by atoms with van der Waals surface area (Å²) in [6.07, 6.45) is 2.36. The first-order valence-corrected chi connectivity index (χ1v) is 6.15. The third kappa shape index (κ3) is 9.82. The highest BCUT2D eigenvalue weighted by molar-refractivity contribution is 5.86. The molecular formula is C13H21NO5. The Morgan fingerprint density at radius 3 is 1.74 bits per heavy atom. The van der Waals surface area contributed by atoms with Gasteiger partial charge < -0.3 is 14.4 Å². The number of amides is 1. The number of hydrogen-bond acceptors (Lipinski definition) is 5. The van der Waals surface area contributed by atoms with Gasteiger partial charge >= 0.3 is 11.9 Å². The van der Waals surface area contributed by atoms with Crippen LogP contribution in [0.25, 0.3) is 0 Å². The second kappa shape index (κ2) is 10.1. The Labute approximate surface area is 113 Å². The van der Waals surface area contributed by atoms with Crippen LogP contribution in [0.1, 0.15) is 26.7 Å². The number of nitrogens with zero attached hydrogens (tertiary/aromatic N) is 1. The van der Waals surface area contributed by atoms with Crippen molar-refractivity contribution < 1.29 is 23.9 Å². The Hall–Kier alpha value is -1.85. The summed E-state index contributed by atoms with van der Waals surface area (Å²) < 4.78 is 9.58. The van der Waals surface area contributed by atoms with Gasteiger partial charge in [-0.3, -0.25) is 14.4 Å². The first-order chi connectivity index (χ1) is 8.97. The van der Waals surface area contributed by atoms with E-state index in [1.165, 1.54) is 19.9 Å². The van der Waals surface area contributed by atoms with E-state index in [1.807, 2.05) is 0 Å². The predicted molar refractivity (Wildman–Crippen MR) is 69.3 cm³/mol. The van der Waals surface area contributed by atoms with Crippen LogP contribution in [0.15, 0.2) is 12.7 Å². The summed E-state index contributed by atoms with van der Waals surface area (Å²) in [5, 5.41) is 0. The molecule has 6 nitrogen and oxygen atoms in total. The molecule has 0 fully saturated rings. The van der Waals surface area contributed by atoms with Gasteiger partial charge in [0.1, 0.15) is 0 Å². The summed E-state index contributed by atoms with van der Waals surface area (Å²) in [7, 11) is 0. The molecule has 0 rings (SSSR count). The molecule has 6 heteroatoms. The molecular weight excluding hydrogens is 250 g/mol. The molecule has 0 heterocycles. The lowest BCUT2D eigenvalue weighted by Gasteiger charge is -2.20.